The molecule has 1 aromatic carbocycles. The molecule has 0 spiro atoms. The van der Waals surface area contributed by atoms with Gasteiger partial charge in [-0.25, -0.2) is 4.79 Å². The summed E-state index contributed by atoms with van der Waals surface area (Å²) in [6.45, 7) is -0.381. The van der Waals surface area contributed by atoms with Gasteiger partial charge in [-0.1, -0.05) is 17.4 Å². The summed E-state index contributed by atoms with van der Waals surface area (Å²) >= 11 is 10.0. The highest BCUT2D eigenvalue weighted by Crippen LogP contribution is 2.39. The summed E-state index contributed by atoms with van der Waals surface area (Å²) in [6.07, 6.45) is 0. The van der Waals surface area contributed by atoms with Crippen LogP contribution < -0.4 is 21.1 Å². The summed E-state index contributed by atoms with van der Waals surface area (Å²) in [5.41, 5.74) is 5.95. The third kappa shape index (κ3) is 6.69. The number of nitrogens with two attached hydrogens (primary N) is 1. The maximum Gasteiger partial charge on any atom is 0.340 e. The van der Waals surface area contributed by atoms with Gasteiger partial charge in [0.15, 0.2) is 12.4 Å². The number of hydrogen-bond donors (Lipinski definition) is 4. The van der Waals surface area contributed by atoms with Gasteiger partial charge in [-0.3, -0.25) is 4.79 Å². The first kappa shape index (κ1) is 27.1. The molecule has 33 heavy (non-hydrogen) atoms. The maximum atomic E-state index is 12.8. The van der Waals surface area contributed by atoms with Crippen LogP contribution >= 0.6 is 52.3 Å². The number of carbonyl (C=O) groups is 2. The highest BCUT2D eigenvalue weighted by Gasteiger charge is 2.26. The summed E-state index contributed by atoms with van der Waals surface area (Å²) in [7, 11) is 1.40. The van der Waals surface area contributed by atoms with Crippen LogP contribution in [0.2, 0.25) is 0 Å². The zero-order valence-corrected chi connectivity index (χ0v) is 21.3. The van der Waals surface area contributed by atoms with Crippen LogP contribution in [0.15, 0.2) is 15.1 Å². The first-order valence-electron chi connectivity index (χ1n) is 9.25. The fourth-order valence-electron chi connectivity index (χ4n) is 2.79. The average molecular weight is 583 g/mol. The summed E-state index contributed by atoms with van der Waals surface area (Å²) in [5.74, 6) is 0.00839. The summed E-state index contributed by atoms with van der Waals surface area (Å²) in [4.78, 5) is 29.4. The van der Waals surface area contributed by atoms with E-state index in [0.717, 1.165) is 0 Å². The Morgan fingerprint density at radius 1 is 1.45 bits per heavy atom. The number of hydrogen-bond acceptors (Lipinski definition) is 11. The smallest absolute Gasteiger partial charge is 0.340 e. The van der Waals surface area contributed by atoms with Crippen LogP contribution in [0.25, 0.3) is 0 Å². The van der Waals surface area contributed by atoms with Crippen molar-refractivity contribution in [2.45, 2.75) is 18.3 Å². The molecule has 2 aromatic rings. The van der Waals surface area contributed by atoms with Crippen molar-refractivity contribution in [2.75, 3.05) is 26.0 Å². The molecule has 15 heteroatoms. The molecule has 0 saturated heterocycles. The number of fused-ring (bicyclic) bond motifs is 1. The number of nitrogens with zero attached hydrogens (tertiary/aromatic N) is 2. The van der Waals surface area contributed by atoms with Gasteiger partial charge in [-0.2, -0.15) is 16.7 Å². The number of methoxy groups -OCH3 is 1. The number of esters is 1. The van der Waals surface area contributed by atoms with Gasteiger partial charge in [-0.15, -0.1) is 12.4 Å². The topological polar surface area (TPSA) is 162 Å². The van der Waals surface area contributed by atoms with Gasteiger partial charge in [0.1, 0.15) is 17.5 Å². The zero-order chi connectivity index (χ0) is 23.3. The van der Waals surface area contributed by atoms with Crippen molar-refractivity contribution < 1.29 is 28.7 Å². The molecule has 11 nitrogen and oxygen atoms in total. The molecule has 3 rings (SSSR count). The Kier molecular flexibility index (Phi) is 10.2. The number of benzene rings is 1. The molecule has 1 aromatic heterocycles. The molecule has 0 unspecified atom stereocenters. The molecule has 0 bridgehead atoms. The highest BCUT2D eigenvalue weighted by atomic mass is 79.9. The van der Waals surface area contributed by atoms with E-state index in [1.807, 2.05) is 0 Å². The molecule has 0 fully saturated rings. The number of nitrogens with one attached hydrogen (secondary N) is 2. The Labute approximate surface area is 213 Å². The first-order valence-corrected chi connectivity index (χ1v) is 11.6. The molecule has 2 heterocycles. The second kappa shape index (κ2) is 12.4. The zero-order valence-electron chi connectivity index (χ0n) is 17.3. The number of cyclic esters (lactones) is 1. The first-order chi connectivity index (χ1) is 15.3. The Morgan fingerprint density at radius 2 is 2.21 bits per heavy atom. The maximum absolute atomic E-state index is 12.8. The summed E-state index contributed by atoms with van der Waals surface area (Å²) < 4.78 is 15.9. The number of ether oxygens (including phenoxy) is 2. The molecule has 180 valence electrons. The second-order valence-corrected chi connectivity index (χ2v) is 8.82. The van der Waals surface area contributed by atoms with Crippen molar-refractivity contribution in [2.24, 2.45) is 5.73 Å². The molecule has 1 amide bonds. The fourth-order valence-corrected chi connectivity index (χ4v) is 4.76. The van der Waals surface area contributed by atoms with Gasteiger partial charge < -0.3 is 35.5 Å². The quantitative estimate of drug-likeness (QED) is 0.306. The SMILES string of the molecule is COc1cc(O)c2c(c1Br)C(=O)OCC(=O)NCC(=S)N[C@H](c1nc(CN)no1)CSC2.Cl. The number of aromatic hydroxyl groups is 1. The van der Waals surface area contributed by atoms with Gasteiger partial charge in [0, 0.05) is 23.1 Å². The highest BCUT2D eigenvalue weighted by molar-refractivity contribution is 9.10. The van der Waals surface area contributed by atoms with Crippen molar-refractivity contribution in [1.82, 2.24) is 20.8 Å². The molecule has 0 radical (unpaired) electrons. The molecule has 5 N–H and O–H groups in total. The van der Waals surface area contributed by atoms with Crippen molar-refractivity contribution in [1.29, 1.82) is 0 Å². The predicted octanol–water partition coefficient (Wildman–Crippen LogP) is 1.60. The number of amides is 1. The number of thiocarbonyl (C=S) groups is 1. The Balaban J connectivity index is 0.00000385. The number of phenols is 1. The molecule has 1 aliphatic rings. The van der Waals surface area contributed by atoms with Crippen LogP contribution in [0.1, 0.15) is 33.7 Å². The average Bonchev–Trinajstić information content (AvgIpc) is 3.26. The molecule has 1 atom stereocenters. The van der Waals surface area contributed by atoms with Gasteiger partial charge in [0.2, 0.25) is 5.89 Å². The van der Waals surface area contributed by atoms with Gasteiger partial charge in [-0.05, 0) is 15.9 Å². The van der Waals surface area contributed by atoms with E-state index in [-0.39, 0.29) is 54.2 Å². The van der Waals surface area contributed by atoms with E-state index >= 15 is 0 Å². The number of halogens is 2. The lowest BCUT2D eigenvalue weighted by Crippen LogP contribution is -2.40. The lowest BCUT2D eigenvalue weighted by atomic mass is 10.1. The van der Waals surface area contributed by atoms with E-state index in [4.69, 9.17) is 31.9 Å². The standard InChI is InChI=1S/C18H20BrN5O6S2.ClH/c1-28-11-2-10(25)8-6-32-7-9(17-23-12(3-20)24-30-17)22-14(31)4-21-13(26)5-29-18(27)15(8)16(11)19;/h2,9,25H,3-7,20H2,1H3,(H,21,26)(H,22,31);1H/t9-;/m0./s1. The third-order valence-electron chi connectivity index (χ3n) is 4.35. The van der Waals surface area contributed by atoms with Gasteiger partial charge in [0.25, 0.3) is 5.91 Å². The monoisotopic (exact) mass is 581 g/mol. The van der Waals surface area contributed by atoms with Crippen molar-refractivity contribution in [3.8, 4) is 11.5 Å². The minimum absolute atomic E-state index is 0. The van der Waals surface area contributed by atoms with E-state index in [9.17, 15) is 14.7 Å². The lowest BCUT2D eigenvalue weighted by Gasteiger charge is -2.19. The van der Waals surface area contributed by atoms with Crippen LogP contribution in [0.4, 0.5) is 0 Å². The Bertz CT molecular complexity index is 1040. The number of aromatic nitrogens is 2. The molecule has 0 saturated carbocycles. The van der Waals surface area contributed by atoms with Crippen molar-refractivity contribution in [3.05, 3.63) is 33.4 Å². The number of phenolic OH excluding ortho intramolecular Hbond substituents is 1. The molecular weight excluding hydrogens is 562 g/mol. The number of carbonyl (C=O) groups excluding carboxylic acids is 2. The fraction of sp³-hybridized carbons (Fsp3) is 0.389. The van der Waals surface area contributed by atoms with E-state index in [1.165, 1.54) is 24.9 Å². The minimum Gasteiger partial charge on any atom is -0.507 e. The number of rotatable bonds is 3. The lowest BCUT2D eigenvalue weighted by molar-refractivity contribution is -0.123. The predicted molar refractivity (Wildman–Crippen MR) is 130 cm³/mol. The molecular formula is C18H21BrClN5O6S2. The van der Waals surface area contributed by atoms with E-state index < -0.39 is 24.5 Å². The van der Waals surface area contributed by atoms with Crippen LogP contribution in [0.5, 0.6) is 11.5 Å². The van der Waals surface area contributed by atoms with Crippen LogP contribution in [0.3, 0.4) is 0 Å². The normalized spacial score (nSPS) is 17.5. The third-order valence-corrected chi connectivity index (χ3v) is 6.46. The second-order valence-electron chi connectivity index (χ2n) is 6.51. The molecule has 1 aliphatic heterocycles. The van der Waals surface area contributed by atoms with Gasteiger partial charge in [0.05, 0.1) is 35.2 Å². The van der Waals surface area contributed by atoms with Crippen molar-refractivity contribution in [3.63, 3.8) is 0 Å². The number of thioether (sulfide) groups is 1. The van der Waals surface area contributed by atoms with E-state index in [1.54, 1.807) is 0 Å². The Hall–Kier alpha value is -2.13. The van der Waals surface area contributed by atoms with E-state index in [2.05, 4.69) is 36.7 Å². The van der Waals surface area contributed by atoms with Crippen molar-refractivity contribution >= 4 is 69.2 Å². The van der Waals surface area contributed by atoms with E-state index in [0.29, 0.717) is 26.6 Å². The summed E-state index contributed by atoms with van der Waals surface area (Å²) in [6, 6.07) is 0.905. The minimum atomic E-state index is -0.782. The van der Waals surface area contributed by atoms with Crippen LogP contribution in [-0.4, -0.2) is 58.1 Å². The van der Waals surface area contributed by atoms with Gasteiger partial charge >= 0.3 is 5.97 Å². The Morgan fingerprint density at radius 3 is 2.88 bits per heavy atom. The van der Waals surface area contributed by atoms with Crippen LogP contribution in [0, 0.1) is 0 Å². The summed E-state index contributed by atoms with van der Waals surface area (Å²) in [5, 5.41) is 20.0. The van der Waals surface area contributed by atoms with Crippen LogP contribution in [-0.2, 0) is 21.8 Å². The largest absolute Gasteiger partial charge is 0.507 e. The molecule has 0 aliphatic carbocycles.